The van der Waals surface area contributed by atoms with Gasteiger partial charge in [0.1, 0.15) is 5.75 Å². The third-order valence-corrected chi connectivity index (χ3v) is 2.95. The van der Waals surface area contributed by atoms with Crippen LogP contribution >= 0.6 is 0 Å². The quantitative estimate of drug-likeness (QED) is 0.748. The molecule has 0 saturated heterocycles. The van der Waals surface area contributed by atoms with Crippen LogP contribution in [0.5, 0.6) is 5.75 Å². The molecule has 0 aliphatic rings. The number of aryl methyl sites for hydroxylation is 1. The topological polar surface area (TPSA) is 90.1 Å². The zero-order valence-electron chi connectivity index (χ0n) is 11.9. The molecule has 7 heteroatoms. The van der Waals surface area contributed by atoms with Crippen molar-refractivity contribution in [3.63, 3.8) is 0 Å². The zero-order chi connectivity index (χ0) is 15.1. The SMILES string of the molecule is CCOc1cccc(-c2nnnn2CCCCC(=O)O)c1. The molecule has 0 bridgehead atoms. The molecule has 0 saturated carbocycles. The summed E-state index contributed by atoms with van der Waals surface area (Å²) in [4.78, 5) is 10.5. The lowest BCUT2D eigenvalue weighted by Crippen LogP contribution is -2.04. The highest BCUT2D eigenvalue weighted by Crippen LogP contribution is 2.21. The molecule has 0 aliphatic carbocycles. The van der Waals surface area contributed by atoms with E-state index in [9.17, 15) is 4.79 Å². The molecule has 0 atom stereocenters. The summed E-state index contributed by atoms with van der Waals surface area (Å²) in [6.07, 6.45) is 1.49. The number of unbranched alkanes of at least 4 members (excludes halogenated alkanes) is 1. The first kappa shape index (κ1) is 15.0. The van der Waals surface area contributed by atoms with Crippen LogP contribution < -0.4 is 4.74 Å². The molecule has 21 heavy (non-hydrogen) atoms. The van der Waals surface area contributed by atoms with Gasteiger partial charge in [0, 0.05) is 18.5 Å². The number of ether oxygens (including phenoxy) is 1. The monoisotopic (exact) mass is 290 g/mol. The minimum Gasteiger partial charge on any atom is -0.494 e. The minimum absolute atomic E-state index is 0.164. The number of aromatic nitrogens is 4. The number of benzene rings is 1. The molecule has 0 fully saturated rings. The Balaban J connectivity index is 2.05. The first-order valence-electron chi connectivity index (χ1n) is 6.92. The van der Waals surface area contributed by atoms with Crippen molar-refractivity contribution in [2.24, 2.45) is 0 Å². The minimum atomic E-state index is -0.781. The molecular formula is C14H18N4O3. The standard InChI is InChI=1S/C14H18N4O3/c1-2-21-12-7-5-6-11(10-12)14-15-16-17-18(14)9-4-3-8-13(19)20/h5-7,10H,2-4,8-9H2,1H3,(H,19,20). The predicted octanol–water partition coefficient (Wildman–Crippen LogP) is 1.99. The predicted molar refractivity (Wildman–Crippen MR) is 75.9 cm³/mol. The van der Waals surface area contributed by atoms with Gasteiger partial charge >= 0.3 is 5.97 Å². The van der Waals surface area contributed by atoms with Crippen molar-refractivity contribution in [2.75, 3.05) is 6.61 Å². The van der Waals surface area contributed by atoms with Crippen molar-refractivity contribution < 1.29 is 14.6 Å². The number of carbonyl (C=O) groups is 1. The Morgan fingerprint density at radius 1 is 1.38 bits per heavy atom. The van der Waals surface area contributed by atoms with E-state index >= 15 is 0 Å². The Bertz CT molecular complexity index is 597. The average Bonchev–Trinajstić information content (AvgIpc) is 2.92. The van der Waals surface area contributed by atoms with Crippen molar-refractivity contribution >= 4 is 5.97 Å². The van der Waals surface area contributed by atoms with Crippen molar-refractivity contribution in [3.8, 4) is 17.1 Å². The maximum atomic E-state index is 10.5. The summed E-state index contributed by atoms with van der Waals surface area (Å²) in [5, 5.41) is 20.3. The number of hydrogen-bond donors (Lipinski definition) is 1. The lowest BCUT2D eigenvalue weighted by Gasteiger charge is -2.06. The van der Waals surface area contributed by atoms with Gasteiger partial charge in [0.25, 0.3) is 0 Å². The van der Waals surface area contributed by atoms with Crippen LogP contribution in [-0.4, -0.2) is 37.9 Å². The highest BCUT2D eigenvalue weighted by molar-refractivity contribution is 5.66. The van der Waals surface area contributed by atoms with Crippen LogP contribution in [0.15, 0.2) is 24.3 Å². The number of rotatable bonds is 8. The van der Waals surface area contributed by atoms with Gasteiger partial charge in [-0.2, -0.15) is 0 Å². The molecule has 0 unspecified atom stereocenters. The van der Waals surface area contributed by atoms with E-state index in [-0.39, 0.29) is 6.42 Å². The van der Waals surface area contributed by atoms with Crippen LogP contribution in [0.2, 0.25) is 0 Å². The zero-order valence-corrected chi connectivity index (χ0v) is 11.9. The van der Waals surface area contributed by atoms with Gasteiger partial charge in [-0.25, -0.2) is 4.68 Å². The Morgan fingerprint density at radius 3 is 3.00 bits per heavy atom. The van der Waals surface area contributed by atoms with E-state index in [0.29, 0.717) is 25.4 Å². The van der Waals surface area contributed by atoms with E-state index < -0.39 is 5.97 Å². The van der Waals surface area contributed by atoms with Crippen LogP contribution in [0.25, 0.3) is 11.4 Å². The van der Waals surface area contributed by atoms with Gasteiger partial charge < -0.3 is 9.84 Å². The fourth-order valence-corrected chi connectivity index (χ4v) is 1.99. The van der Waals surface area contributed by atoms with Gasteiger partial charge in [-0.15, -0.1) is 5.10 Å². The van der Waals surface area contributed by atoms with Crippen LogP contribution in [0.4, 0.5) is 0 Å². The number of nitrogens with zero attached hydrogens (tertiary/aromatic N) is 4. The molecule has 2 aromatic rings. The van der Waals surface area contributed by atoms with E-state index in [1.807, 2.05) is 31.2 Å². The Morgan fingerprint density at radius 2 is 2.24 bits per heavy atom. The smallest absolute Gasteiger partial charge is 0.303 e. The summed E-state index contributed by atoms with van der Waals surface area (Å²) >= 11 is 0. The number of carboxylic acid groups (broad SMARTS) is 1. The highest BCUT2D eigenvalue weighted by atomic mass is 16.5. The van der Waals surface area contributed by atoms with Crippen LogP contribution in [0.1, 0.15) is 26.2 Å². The molecule has 0 spiro atoms. The van der Waals surface area contributed by atoms with E-state index in [2.05, 4.69) is 15.5 Å². The van der Waals surface area contributed by atoms with E-state index in [1.54, 1.807) is 4.68 Å². The summed E-state index contributed by atoms with van der Waals surface area (Å²) in [6.45, 7) is 3.12. The lowest BCUT2D eigenvalue weighted by molar-refractivity contribution is -0.137. The summed E-state index contributed by atoms with van der Waals surface area (Å²) in [6, 6.07) is 7.59. The van der Waals surface area contributed by atoms with Crippen LogP contribution in [0.3, 0.4) is 0 Å². The second-order valence-electron chi connectivity index (χ2n) is 4.54. The summed E-state index contributed by atoms with van der Waals surface area (Å²) in [5.74, 6) is 0.652. The van der Waals surface area contributed by atoms with Crippen molar-refractivity contribution in [1.82, 2.24) is 20.2 Å². The molecule has 112 valence electrons. The Labute approximate surface area is 122 Å². The molecule has 0 radical (unpaired) electrons. The number of tetrazole rings is 1. The number of carboxylic acids is 1. The maximum Gasteiger partial charge on any atom is 0.303 e. The second-order valence-corrected chi connectivity index (χ2v) is 4.54. The molecule has 1 heterocycles. The molecule has 1 aromatic heterocycles. The van der Waals surface area contributed by atoms with Gasteiger partial charge in [0.15, 0.2) is 5.82 Å². The molecule has 7 nitrogen and oxygen atoms in total. The Kier molecular flexibility index (Phi) is 5.25. The van der Waals surface area contributed by atoms with Gasteiger partial charge in [0.2, 0.25) is 0 Å². The van der Waals surface area contributed by atoms with Gasteiger partial charge in [-0.05, 0) is 42.3 Å². The Hall–Kier alpha value is -2.44. The molecule has 0 amide bonds. The molecule has 2 rings (SSSR count). The van der Waals surface area contributed by atoms with Crippen LogP contribution in [-0.2, 0) is 11.3 Å². The third-order valence-electron chi connectivity index (χ3n) is 2.95. The van der Waals surface area contributed by atoms with Gasteiger partial charge in [0.05, 0.1) is 6.61 Å². The van der Waals surface area contributed by atoms with Gasteiger partial charge in [-0.3, -0.25) is 4.79 Å². The maximum absolute atomic E-state index is 10.5. The number of hydrogen-bond acceptors (Lipinski definition) is 5. The largest absolute Gasteiger partial charge is 0.494 e. The first-order chi connectivity index (χ1) is 10.2. The molecule has 0 aliphatic heterocycles. The number of aliphatic carboxylic acids is 1. The second kappa shape index (κ2) is 7.37. The van der Waals surface area contributed by atoms with Crippen molar-refractivity contribution in [1.29, 1.82) is 0 Å². The lowest BCUT2D eigenvalue weighted by atomic mass is 10.2. The first-order valence-corrected chi connectivity index (χ1v) is 6.92. The van der Waals surface area contributed by atoms with E-state index in [4.69, 9.17) is 9.84 Å². The highest BCUT2D eigenvalue weighted by Gasteiger charge is 2.09. The van der Waals surface area contributed by atoms with Crippen molar-refractivity contribution in [3.05, 3.63) is 24.3 Å². The molecule has 1 aromatic carbocycles. The van der Waals surface area contributed by atoms with Crippen molar-refractivity contribution in [2.45, 2.75) is 32.7 Å². The van der Waals surface area contributed by atoms with Gasteiger partial charge in [-0.1, -0.05) is 12.1 Å². The molecule has 1 N–H and O–H groups in total. The average molecular weight is 290 g/mol. The van der Waals surface area contributed by atoms with Crippen LogP contribution in [0, 0.1) is 0 Å². The third kappa shape index (κ3) is 4.27. The summed E-state index contributed by atoms with van der Waals surface area (Å²) in [7, 11) is 0. The summed E-state index contributed by atoms with van der Waals surface area (Å²) in [5.41, 5.74) is 0.879. The fraction of sp³-hybridized carbons (Fsp3) is 0.429. The fourth-order valence-electron chi connectivity index (χ4n) is 1.99. The van der Waals surface area contributed by atoms with E-state index in [1.165, 1.54) is 0 Å². The molecular weight excluding hydrogens is 272 g/mol. The van der Waals surface area contributed by atoms with E-state index in [0.717, 1.165) is 17.7 Å². The normalized spacial score (nSPS) is 10.5. The summed E-state index contributed by atoms with van der Waals surface area (Å²) < 4.78 is 7.15.